The first-order valence-corrected chi connectivity index (χ1v) is 22.8. The third-order valence-electron chi connectivity index (χ3n) is 13.1. The minimum absolute atomic E-state index is 0.576. The lowest BCUT2D eigenvalue weighted by Crippen LogP contribution is -2.23. The van der Waals surface area contributed by atoms with E-state index in [-0.39, 0.29) is 0 Å². The van der Waals surface area contributed by atoms with E-state index >= 15 is 0 Å². The molecule has 67 heavy (non-hydrogen) atoms. The average molecular weight is 856 g/mol. The smallest absolute Gasteiger partial charge is 0.164 e. The van der Waals surface area contributed by atoms with Crippen LogP contribution in [0, 0.1) is 12.3 Å². The highest BCUT2D eigenvalue weighted by molar-refractivity contribution is 6.09. The summed E-state index contributed by atoms with van der Waals surface area (Å²) in [6, 6.07) is 62.5. The van der Waals surface area contributed by atoms with Crippen LogP contribution >= 0.6 is 0 Å². The zero-order valence-electron chi connectivity index (χ0n) is 37.5. The number of terminal acetylenes is 1. The van der Waals surface area contributed by atoms with Gasteiger partial charge < -0.3 is 0 Å². The number of nitrogens with zero attached hydrogens (tertiary/aromatic N) is 3. The highest BCUT2D eigenvalue weighted by atomic mass is 15.0. The van der Waals surface area contributed by atoms with Gasteiger partial charge in [0.1, 0.15) is 0 Å². The quantitative estimate of drug-likeness (QED) is 0.0868. The van der Waals surface area contributed by atoms with E-state index in [1.807, 2.05) is 73.7 Å². The van der Waals surface area contributed by atoms with Crippen LogP contribution in [0.5, 0.6) is 0 Å². The van der Waals surface area contributed by atoms with Gasteiger partial charge in [0.25, 0.3) is 0 Å². The minimum Gasteiger partial charge on any atom is -0.208 e. The molecule has 0 amide bonds. The van der Waals surface area contributed by atoms with E-state index in [1.165, 1.54) is 49.2 Å². The van der Waals surface area contributed by atoms with Crippen LogP contribution in [-0.2, 0) is 6.42 Å². The van der Waals surface area contributed by atoms with Gasteiger partial charge in [0, 0.05) is 22.3 Å². The van der Waals surface area contributed by atoms with Gasteiger partial charge >= 0.3 is 0 Å². The first-order chi connectivity index (χ1) is 33.0. The molecular formula is C64H45N3. The van der Waals surface area contributed by atoms with Crippen molar-refractivity contribution in [2.45, 2.75) is 20.3 Å². The average Bonchev–Trinajstić information content (AvgIpc) is 3.78. The summed E-state index contributed by atoms with van der Waals surface area (Å²) in [5, 5.41) is 9.40. The van der Waals surface area contributed by atoms with E-state index in [2.05, 4.69) is 159 Å². The van der Waals surface area contributed by atoms with E-state index in [1.54, 1.807) is 0 Å². The van der Waals surface area contributed by atoms with Gasteiger partial charge in [0.15, 0.2) is 17.5 Å². The summed E-state index contributed by atoms with van der Waals surface area (Å²) >= 11 is 0. The highest BCUT2D eigenvalue weighted by Gasteiger charge is 2.28. The standard InChI is InChI=1S/C64H45N3/c1-5-8-18-42(6-2)48-23-16-25-52(37-48)63-65-62(46-21-10-9-11-22-46)66-64(67-63)57-28-17-24-51-38-59-58(43(7-3)35-47-31-29-44-19-12-14-26-54(44)41(47)4)39-53(40-60(59)61(51)57)49-33-34-56-50(36-49)32-30-45-20-13-15-27-55(45)56/h2,5,7-37,39-40H,4,38H2,1,3H3/b8-5-,42-18+,43-7+,47-35-. The molecule has 0 N–H and O–H groups in total. The molecule has 1 aliphatic carbocycles. The number of allylic oxidation sites excluding steroid dienone is 6. The monoisotopic (exact) mass is 855 g/mol. The van der Waals surface area contributed by atoms with E-state index in [4.69, 9.17) is 21.4 Å². The number of hydrogen-bond donors (Lipinski definition) is 0. The normalized spacial score (nSPS) is 12.8. The molecule has 0 aliphatic heterocycles. The van der Waals surface area contributed by atoms with Gasteiger partial charge in [-0.15, -0.1) is 6.42 Å². The fourth-order valence-electron chi connectivity index (χ4n) is 9.70. The summed E-state index contributed by atoms with van der Waals surface area (Å²) in [6.07, 6.45) is 17.2. The van der Waals surface area contributed by atoms with Crippen molar-refractivity contribution in [2.75, 3.05) is 0 Å². The van der Waals surface area contributed by atoms with Gasteiger partial charge in [-0.1, -0.05) is 182 Å². The Hall–Kier alpha value is -8.71. The Morgan fingerprint density at radius 1 is 0.567 bits per heavy atom. The first kappa shape index (κ1) is 41.0. The van der Waals surface area contributed by atoms with Crippen LogP contribution in [0.3, 0.4) is 0 Å². The lowest BCUT2D eigenvalue weighted by atomic mass is 9.88. The van der Waals surface area contributed by atoms with Crippen LogP contribution in [0.4, 0.5) is 0 Å². The molecule has 0 fully saturated rings. The summed E-state index contributed by atoms with van der Waals surface area (Å²) in [5.41, 5.74) is 13.9. The summed E-state index contributed by atoms with van der Waals surface area (Å²) in [6.45, 7) is 8.71. The molecule has 11 rings (SSSR count). The highest BCUT2D eigenvalue weighted by Crippen LogP contribution is 2.47. The Morgan fingerprint density at radius 3 is 2.06 bits per heavy atom. The molecule has 0 atom stereocenters. The van der Waals surface area contributed by atoms with Crippen LogP contribution in [0.1, 0.15) is 36.1 Å². The lowest BCUT2D eigenvalue weighted by Gasteiger charge is -2.16. The van der Waals surface area contributed by atoms with Crippen LogP contribution in [0.15, 0.2) is 200 Å². The molecule has 1 aliphatic rings. The summed E-state index contributed by atoms with van der Waals surface area (Å²) in [5.74, 6) is 4.65. The van der Waals surface area contributed by atoms with Crippen LogP contribution < -0.4 is 10.4 Å². The van der Waals surface area contributed by atoms with E-state index < -0.39 is 0 Å². The molecule has 9 aromatic carbocycles. The van der Waals surface area contributed by atoms with E-state index in [0.29, 0.717) is 17.5 Å². The number of aromatic nitrogens is 3. The van der Waals surface area contributed by atoms with Crippen LogP contribution in [0.25, 0.3) is 113 Å². The Balaban J connectivity index is 1.13. The molecule has 10 aromatic rings. The van der Waals surface area contributed by atoms with Crippen molar-refractivity contribution in [3.8, 4) is 68.8 Å². The van der Waals surface area contributed by atoms with Crippen molar-refractivity contribution >= 4 is 56.1 Å². The second kappa shape index (κ2) is 17.3. The maximum Gasteiger partial charge on any atom is 0.164 e. The molecule has 3 nitrogen and oxygen atoms in total. The molecule has 0 spiro atoms. The number of benzene rings is 9. The largest absolute Gasteiger partial charge is 0.208 e. The van der Waals surface area contributed by atoms with Gasteiger partial charge in [-0.25, -0.2) is 15.0 Å². The van der Waals surface area contributed by atoms with Crippen LogP contribution in [-0.4, -0.2) is 15.0 Å². The Labute approximate surface area is 391 Å². The van der Waals surface area contributed by atoms with Gasteiger partial charge in [-0.3, -0.25) is 0 Å². The van der Waals surface area contributed by atoms with Gasteiger partial charge in [-0.2, -0.15) is 0 Å². The van der Waals surface area contributed by atoms with Crippen molar-refractivity contribution in [1.82, 2.24) is 15.0 Å². The van der Waals surface area contributed by atoms with Crippen molar-refractivity contribution in [3.63, 3.8) is 0 Å². The molecule has 316 valence electrons. The minimum atomic E-state index is 0.576. The van der Waals surface area contributed by atoms with E-state index in [0.717, 1.165) is 72.3 Å². The van der Waals surface area contributed by atoms with Crippen molar-refractivity contribution < 1.29 is 0 Å². The lowest BCUT2D eigenvalue weighted by molar-refractivity contribution is 1.07. The third kappa shape index (κ3) is 7.55. The predicted molar refractivity (Wildman–Crippen MR) is 283 cm³/mol. The van der Waals surface area contributed by atoms with Crippen molar-refractivity contribution in [1.29, 1.82) is 0 Å². The Kier molecular flexibility index (Phi) is 10.6. The molecule has 0 bridgehead atoms. The Morgan fingerprint density at radius 2 is 1.25 bits per heavy atom. The van der Waals surface area contributed by atoms with Gasteiger partial charge in [0.2, 0.25) is 0 Å². The fourth-order valence-corrected chi connectivity index (χ4v) is 9.70. The molecule has 0 saturated carbocycles. The fraction of sp³-hybridized carbons (Fsp3) is 0.0469. The second-order valence-electron chi connectivity index (χ2n) is 17.0. The molecule has 0 unspecified atom stereocenters. The molecule has 1 aromatic heterocycles. The third-order valence-corrected chi connectivity index (χ3v) is 13.1. The van der Waals surface area contributed by atoms with Crippen molar-refractivity contribution in [3.05, 3.63) is 233 Å². The SMILES string of the molecule is C#C/C(=C\C=C/C)c1cccc(-c2nc(-c3ccccc3)nc(-c3cccc4c3-c3cc(-c5ccc6c(ccc7ccccc76)c5)cc(C(/C=c5/ccc6ccccc6c5=C)=C/C)c3C4)n2)c1. The number of hydrogen-bond acceptors (Lipinski definition) is 3. The summed E-state index contributed by atoms with van der Waals surface area (Å²) < 4.78 is 0. The topological polar surface area (TPSA) is 38.7 Å². The summed E-state index contributed by atoms with van der Waals surface area (Å²) in [4.78, 5) is 15.7. The molecule has 1 heterocycles. The Bertz CT molecular complexity index is 3880. The molecule has 0 radical (unpaired) electrons. The number of rotatable bonds is 8. The zero-order chi connectivity index (χ0) is 45.4. The molecule has 0 saturated heterocycles. The molecule has 3 heteroatoms. The maximum atomic E-state index is 6.02. The zero-order valence-corrected chi connectivity index (χ0v) is 37.5. The molecular weight excluding hydrogens is 811 g/mol. The van der Waals surface area contributed by atoms with Gasteiger partial charge in [0.05, 0.1) is 0 Å². The van der Waals surface area contributed by atoms with E-state index in [9.17, 15) is 0 Å². The van der Waals surface area contributed by atoms with Crippen molar-refractivity contribution in [2.24, 2.45) is 0 Å². The van der Waals surface area contributed by atoms with Crippen LogP contribution in [0.2, 0.25) is 0 Å². The maximum absolute atomic E-state index is 6.02. The summed E-state index contributed by atoms with van der Waals surface area (Å²) in [7, 11) is 0. The number of fused-ring (bicyclic) bond motifs is 7. The van der Waals surface area contributed by atoms with Gasteiger partial charge in [-0.05, 0) is 150 Å². The predicted octanol–water partition coefficient (Wildman–Crippen LogP) is 14.5. The first-order valence-electron chi connectivity index (χ1n) is 22.8. The second-order valence-corrected chi connectivity index (χ2v) is 17.0.